The molecule has 0 bridgehead atoms. The number of benzene rings is 2. The number of rotatable bonds is 7. The van der Waals surface area contributed by atoms with Crippen LogP contribution in [0.15, 0.2) is 59.8 Å². The van der Waals surface area contributed by atoms with E-state index in [1.54, 1.807) is 11.8 Å². The van der Waals surface area contributed by atoms with Crippen molar-refractivity contribution >= 4 is 28.8 Å². The average Bonchev–Trinajstić information content (AvgIpc) is 2.96. The summed E-state index contributed by atoms with van der Waals surface area (Å²) in [6.45, 7) is 5.83. The van der Waals surface area contributed by atoms with E-state index in [1.807, 2.05) is 55.7 Å². The van der Waals surface area contributed by atoms with Crippen molar-refractivity contribution in [2.45, 2.75) is 50.9 Å². The summed E-state index contributed by atoms with van der Waals surface area (Å²) in [5.41, 5.74) is 2.73. The van der Waals surface area contributed by atoms with Gasteiger partial charge in [0.25, 0.3) is 0 Å². The number of para-hydroxylation sites is 2. The standard InChI is InChI=1S/C22H26N2O2S/c1-22(2,3)26-20(25)16-24-19-14-8-7-13-18(19)23-21(24)27-15-9-12-17-10-5-4-6-11-17/h4-8,10-11,13-14H,9,12,15-16H2,1-3H3. The maximum absolute atomic E-state index is 12.4. The first-order valence-electron chi connectivity index (χ1n) is 9.26. The van der Waals surface area contributed by atoms with Crippen molar-refractivity contribution in [3.8, 4) is 0 Å². The number of carbonyl (C=O) groups excluding carboxylic acids is 1. The lowest BCUT2D eigenvalue weighted by atomic mass is 10.1. The molecule has 0 spiro atoms. The first-order chi connectivity index (χ1) is 12.9. The SMILES string of the molecule is CC(C)(C)OC(=O)Cn1c(SCCCc2ccccc2)nc2ccccc21. The molecule has 27 heavy (non-hydrogen) atoms. The molecule has 0 fully saturated rings. The van der Waals surface area contributed by atoms with E-state index in [0.29, 0.717) is 0 Å². The third-order valence-corrected chi connectivity index (χ3v) is 5.07. The van der Waals surface area contributed by atoms with Crippen LogP contribution in [0, 0.1) is 0 Å². The van der Waals surface area contributed by atoms with E-state index in [0.717, 1.165) is 34.8 Å². The van der Waals surface area contributed by atoms with E-state index in [9.17, 15) is 4.79 Å². The second-order valence-electron chi connectivity index (χ2n) is 7.49. The van der Waals surface area contributed by atoms with Crippen LogP contribution in [0.4, 0.5) is 0 Å². The van der Waals surface area contributed by atoms with Crippen LogP contribution in [-0.4, -0.2) is 26.9 Å². The molecule has 0 aliphatic carbocycles. The van der Waals surface area contributed by atoms with E-state index in [4.69, 9.17) is 9.72 Å². The summed E-state index contributed by atoms with van der Waals surface area (Å²) in [6.07, 6.45) is 2.10. The molecule has 1 heterocycles. The van der Waals surface area contributed by atoms with Crippen LogP contribution in [0.1, 0.15) is 32.8 Å². The Kier molecular flexibility index (Phi) is 6.22. The predicted molar refractivity (Wildman–Crippen MR) is 111 cm³/mol. The summed E-state index contributed by atoms with van der Waals surface area (Å²) >= 11 is 1.70. The zero-order valence-corrected chi connectivity index (χ0v) is 17.0. The van der Waals surface area contributed by atoms with Crippen LogP contribution in [0.5, 0.6) is 0 Å². The molecule has 3 aromatic rings. The highest BCUT2D eigenvalue weighted by Crippen LogP contribution is 2.25. The highest BCUT2D eigenvalue weighted by molar-refractivity contribution is 7.99. The molecule has 0 unspecified atom stereocenters. The van der Waals surface area contributed by atoms with Crippen molar-refractivity contribution in [3.63, 3.8) is 0 Å². The quantitative estimate of drug-likeness (QED) is 0.324. The highest BCUT2D eigenvalue weighted by atomic mass is 32.2. The normalized spacial score (nSPS) is 11.7. The van der Waals surface area contributed by atoms with Gasteiger partial charge >= 0.3 is 5.97 Å². The molecule has 142 valence electrons. The fourth-order valence-corrected chi connectivity index (χ4v) is 3.86. The van der Waals surface area contributed by atoms with Crippen LogP contribution < -0.4 is 0 Å². The molecule has 2 aromatic carbocycles. The van der Waals surface area contributed by atoms with Gasteiger partial charge < -0.3 is 9.30 Å². The Hall–Kier alpha value is -2.27. The number of thioether (sulfide) groups is 1. The van der Waals surface area contributed by atoms with Crippen molar-refractivity contribution in [1.82, 2.24) is 9.55 Å². The molecule has 0 aliphatic heterocycles. The Balaban J connectivity index is 1.69. The maximum Gasteiger partial charge on any atom is 0.326 e. The summed E-state index contributed by atoms with van der Waals surface area (Å²) in [7, 11) is 0. The van der Waals surface area contributed by atoms with Gasteiger partial charge in [-0.25, -0.2) is 4.98 Å². The van der Waals surface area contributed by atoms with Gasteiger partial charge in [0.1, 0.15) is 12.1 Å². The number of hydrogen-bond acceptors (Lipinski definition) is 4. The Labute approximate surface area is 164 Å². The molecular formula is C22H26N2O2S. The van der Waals surface area contributed by atoms with E-state index >= 15 is 0 Å². The summed E-state index contributed by atoms with van der Waals surface area (Å²) in [5, 5.41) is 0.870. The first kappa shape index (κ1) is 19.5. The van der Waals surface area contributed by atoms with Crippen molar-refractivity contribution in [1.29, 1.82) is 0 Å². The van der Waals surface area contributed by atoms with Gasteiger partial charge in [-0.15, -0.1) is 0 Å². The molecule has 0 saturated heterocycles. The number of aryl methyl sites for hydroxylation is 1. The number of ether oxygens (including phenoxy) is 1. The first-order valence-corrected chi connectivity index (χ1v) is 10.2. The molecule has 5 heteroatoms. The van der Waals surface area contributed by atoms with Gasteiger partial charge in [-0.2, -0.15) is 0 Å². The largest absolute Gasteiger partial charge is 0.459 e. The Morgan fingerprint density at radius 1 is 1.07 bits per heavy atom. The van der Waals surface area contributed by atoms with E-state index in [1.165, 1.54) is 5.56 Å². The van der Waals surface area contributed by atoms with E-state index in [2.05, 4.69) is 24.3 Å². The Bertz CT molecular complexity index is 898. The number of aromatic nitrogens is 2. The van der Waals surface area contributed by atoms with Gasteiger partial charge in [0.15, 0.2) is 5.16 Å². The van der Waals surface area contributed by atoms with Gasteiger partial charge in [0.05, 0.1) is 11.0 Å². The van der Waals surface area contributed by atoms with Crippen LogP contribution >= 0.6 is 11.8 Å². The molecule has 0 atom stereocenters. The summed E-state index contributed by atoms with van der Waals surface area (Å²) in [5.74, 6) is 0.712. The lowest BCUT2D eigenvalue weighted by Gasteiger charge is -2.20. The summed E-state index contributed by atoms with van der Waals surface area (Å²) < 4.78 is 7.47. The number of hydrogen-bond donors (Lipinski definition) is 0. The van der Waals surface area contributed by atoms with E-state index in [-0.39, 0.29) is 12.5 Å². The average molecular weight is 383 g/mol. The van der Waals surface area contributed by atoms with Crippen molar-refractivity contribution < 1.29 is 9.53 Å². The fourth-order valence-electron chi connectivity index (χ4n) is 2.90. The molecule has 0 saturated carbocycles. The lowest BCUT2D eigenvalue weighted by Crippen LogP contribution is -2.26. The maximum atomic E-state index is 12.4. The van der Waals surface area contributed by atoms with Crippen LogP contribution in [0.3, 0.4) is 0 Å². The van der Waals surface area contributed by atoms with Crippen molar-refractivity contribution in [3.05, 3.63) is 60.2 Å². The number of imidazole rings is 1. The highest BCUT2D eigenvalue weighted by Gasteiger charge is 2.19. The third kappa shape index (κ3) is 5.60. The van der Waals surface area contributed by atoms with Gasteiger partial charge in [-0.1, -0.05) is 54.2 Å². The van der Waals surface area contributed by atoms with Crippen LogP contribution in [0.25, 0.3) is 11.0 Å². The minimum absolute atomic E-state index is 0.179. The molecule has 0 radical (unpaired) electrons. The molecule has 1 aromatic heterocycles. The van der Waals surface area contributed by atoms with Crippen LogP contribution in [0.2, 0.25) is 0 Å². The number of nitrogens with zero attached hydrogens (tertiary/aromatic N) is 2. The molecule has 0 aliphatic rings. The van der Waals surface area contributed by atoms with Crippen molar-refractivity contribution in [2.75, 3.05) is 5.75 Å². The topological polar surface area (TPSA) is 44.1 Å². The molecule has 0 N–H and O–H groups in total. The smallest absolute Gasteiger partial charge is 0.326 e. The molecule has 4 nitrogen and oxygen atoms in total. The molecule has 3 rings (SSSR count). The number of carbonyl (C=O) groups is 1. The number of fused-ring (bicyclic) bond motifs is 1. The Morgan fingerprint density at radius 2 is 1.78 bits per heavy atom. The van der Waals surface area contributed by atoms with Gasteiger partial charge in [0.2, 0.25) is 0 Å². The molecular weight excluding hydrogens is 356 g/mol. The van der Waals surface area contributed by atoms with Gasteiger partial charge in [-0.3, -0.25) is 4.79 Å². The van der Waals surface area contributed by atoms with Crippen molar-refractivity contribution in [2.24, 2.45) is 0 Å². The third-order valence-electron chi connectivity index (χ3n) is 4.01. The lowest BCUT2D eigenvalue weighted by molar-refractivity contribution is -0.155. The summed E-state index contributed by atoms with van der Waals surface area (Å²) in [4.78, 5) is 17.1. The zero-order valence-electron chi connectivity index (χ0n) is 16.1. The molecule has 0 amide bonds. The summed E-state index contributed by atoms with van der Waals surface area (Å²) in [6, 6.07) is 18.4. The minimum Gasteiger partial charge on any atom is -0.459 e. The second-order valence-corrected chi connectivity index (χ2v) is 8.56. The van der Waals surface area contributed by atoms with Gasteiger partial charge in [-0.05, 0) is 51.3 Å². The predicted octanol–water partition coefficient (Wildman–Crippen LogP) is 5.10. The van der Waals surface area contributed by atoms with Crippen LogP contribution in [-0.2, 0) is 22.5 Å². The zero-order chi connectivity index (χ0) is 19.3. The monoisotopic (exact) mass is 382 g/mol. The second kappa shape index (κ2) is 8.61. The minimum atomic E-state index is -0.490. The van der Waals surface area contributed by atoms with E-state index < -0.39 is 5.60 Å². The van der Waals surface area contributed by atoms with Gasteiger partial charge in [0, 0.05) is 5.75 Å². The number of esters is 1. The Morgan fingerprint density at radius 3 is 2.52 bits per heavy atom. The fraction of sp³-hybridized carbons (Fsp3) is 0.364.